The summed E-state index contributed by atoms with van der Waals surface area (Å²) in [6, 6.07) is -1.29. The second-order valence-electron chi connectivity index (χ2n) is 3.40. The second-order valence-corrected chi connectivity index (χ2v) is 3.40. The Morgan fingerprint density at radius 1 is 1.31 bits per heavy atom. The number of carboxylic acid groups (broad SMARTS) is 2. The molecule has 7 heteroatoms. The van der Waals surface area contributed by atoms with Gasteiger partial charge < -0.3 is 21.1 Å². The van der Waals surface area contributed by atoms with Crippen LogP contribution in [0.25, 0.3) is 0 Å². The maximum Gasteiger partial charge on any atom is 0.321 e. The van der Waals surface area contributed by atoms with Crippen molar-refractivity contribution in [2.45, 2.75) is 32.0 Å². The fourth-order valence-corrected chi connectivity index (χ4v) is 0.641. The summed E-state index contributed by atoms with van der Waals surface area (Å²) in [5, 5.41) is 24.9. The predicted molar refractivity (Wildman–Crippen MR) is 57.8 cm³/mol. The van der Waals surface area contributed by atoms with Crippen LogP contribution in [-0.4, -0.2) is 58.5 Å². The van der Waals surface area contributed by atoms with Crippen LogP contribution in [0.15, 0.2) is 0 Å². The maximum absolute atomic E-state index is 9.85. The first-order valence-electron chi connectivity index (χ1n) is 4.77. The number of carbonyl (C=O) groups is 2. The Morgan fingerprint density at radius 2 is 1.75 bits per heavy atom. The lowest BCUT2D eigenvalue weighted by atomic mass is 10.2. The smallest absolute Gasteiger partial charge is 0.321 e. The van der Waals surface area contributed by atoms with Gasteiger partial charge in [-0.1, -0.05) is 6.92 Å². The molecule has 0 bridgehead atoms. The summed E-state index contributed by atoms with van der Waals surface area (Å²) in [7, 11) is 3.71. The Balaban J connectivity index is 0. The highest BCUT2D eigenvalue weighted by atomic mass is 16.4. The van der Waals surface area contributed by atoms with Crippen molar-refractivity contribution in [3.63, 3.8) is 0 Å². The molecule has 0 aromatic heterocycles. The largest absolute Gasteiger partial charge is 0.481 e. The molecule has 96 valence electrons. The second kappa shape index (κ2) is 9.08. The van der Waals surface area contributed by atoms with Crippen LogP contribution in [0, 0.1) is 0 Å². The minimum Gasteiger partial charge on any atom is -0.481 e. The van der Waals surface area contributed by atoms with Gasteiger partial charge in [-0.3, -0.25) is 14.5 Å². The molecule has 0 radical (unpaired) electrons. The van der Waals surface area contributed by atoms with Gasteiger partial charge in [-0.2, -0.15) is 0 Å². The molecule has 0 heterocycles. The van der Waals surface area contributed by atoms with Crippen molar-refractivity contribution in [1.29, 1.82) is 0 Å². The van der Waals surface area contributed by atoms with Gasteiger partial charge in [0.2, 0.25) is 0 Å². The van der Waals surface area contributed by atoms with Crippen LogP contribution in [0.4, 0.5) is 0 Å². The Labute approximate surface area is 94.5 Å². The molecule has 1 unspecified atom stereocenters. The third-order valence-electron chi connectivity index (χ3n) is 1.67. The fraction of sp³-hybridized carbons (Fsp3) is 0.778. The average Bonchev–Trinajstić information content (AvgIpc) is 2.16. The Bertz CT molecular complexity index is 220. The minimum absolute atomic E-state index is 0.264. The van der Waals surface area contributed by atoms with Crippen molar-refractivity contribution in [1.82, 2.24) is 4.90 Å². The number of rotatable bonds is 5. The standard InChI is InChI=1S/C5H13NO.C4H7NO4/c1-4-5(7)6(2)3;5-2(4(8)9)1-3(6)7/h5,7H,4H2,1-3H3;2H,1,5H2,(H,6,7)(H,8,9)/t;2-/m.0/s1. The van der Waals surface area contributed by atoms with Crippen molar-refractivity contribution < 1.29 is 24.9 Å². The molecule has 0 amide bonds. The molecule has 0 saturated carbocycles. The van der Waals surface area contributed by atoms with Crippen LogP contribution in [0.1, 0.15) is 19.8 Å². The summed E-state index contributed by atoms with van der Waals surface area (Å²) in [6.45, 7) is 1.95. The number of hydrogen-bond donors (Lipinski definition) is 4. The SMILES string of the molecule is CCC(O)N(C)C.N[C@@H](CC(=O)O)C(=O)O. The molecular formula is C9H20N2O5. The van der Waals surface area contributed by atoms with Gasteiger partial charge in [0.25, 0.3) is 0 Å². The first-order valence-corrected chi connectivity index (χ1v) is 4.77. The lowest BCUT2D eigenvalue weighted by Crippen LogP contribution is -2.32. The van der Waals surface area contributed by atoms with Gasteiger partial charge >= 0.3 is 11.9 Å². The summed E-state index contributed by atoms with van der Waals surface area (Å²) < 4.78 is 0. The molecule has 0 aromatic carbocycles. The molecule has 0 aliphatic heterocycles. The van der Waals surface area contributed by atoms with Crippen molar-refractivity contribution in [2.24, 2.45) is 5.73 Å². The van der Waals surface area contributed by atoms with Crippen LogP contribution < -0.4 is 5.73 Å². The van der Waals surface area contributed by atoms with Gasteiger partial charge in [-0.15, -0.1) is 0 Å². The quantitative estimate of drug-likeness (QED) is 0.458. The van der Waals surface area contributed by atoms with E-state index < -0.39 is 24.4 Å². The fourth-order valence-electron chi connectivity index (χ4n) is 0.641. The van der Waals surface area contributed by atoms with Crippen molar-refractivity contribution >= 4 is 11.9 Å². The number of aliphatic carboxylic acids is 2. The van der Waals surface area contributed by atoms with Gasteiger partial charge in [0.15, 0.2) is 0 Å². The Morgan fingerprint density at radius 3 is 1.81 bits per heavy atom. The summed E-state index contributed by atoms with van der Waals surface area (Å²) >= 11 is 0. The molecule has 5 N–H and O–H groups in total. The van der Waals surface area contributed by atoms with E-state index in [0.717, 1.165) is 6.42 Å². The van der Waals surface area contributed by atoms with Gasteiger partial charge in [0.05, 0.1) is 6.42 Å². The maximum atomic E-state index is 9.85. The van der Waals surface area contributed by atoms with Gasteiger partial charge in [0.1, 0.15) is 12.3 Å². The molecule has 0 saturated heterocycles. The lowest BCUT2D eigenvalue weighted by Gasteiger charge is -2.15. The van der Waals surface area contributed by atoms with Crippen LogP contribution in [0.2, 0.25) is 0 Å². The predicted octanol–water partition coefficient (Wildman–Crippen LogP) is -0.851. The zero-order valence-electron chi connectivity index (χ0n) is 9.75. The van der Waals surface area contributed by atoms with Crippen molar-refractivity contribution in [2.75, 3.05) is 14.1 Å². The number of carboxylic acids is 2. The zero-order chi connectivity index (χ0) is 13.3. The topological polar surface area (TPSA) is 124 Å². The molecule has 0 fully saturated rings. The van der Waals surface area contributed by atoms with Crippen molar-refractivity contribution in [3.05, 3.63) is 0 Å². The molecular weight excluding hydrogens is 216 g/mol. The van der Waals surface area contributed by atoms with E-state index in [-0.39, 0.29) is 6.23 Å². The van der Waals surface area contributed by atoms with E-state index in [2.05, 4.69) is 0 Å². The first kappa shape index (κ1) is 17.2. The molecule has 0 spiro atoms. The number of aliphatic hydroxyl groups is 1. The average molecular weight is 236 g/mol. The van der Waals surface area contributed by atoms with E-state index in [0.29, 0.717) is 0 Å². The van der Waals surface area contributed by atoms with Gasteiger partial charge in [-0.05, 0) is 20.5 Å². The van der Waals surface area contributed by atoms with E-state index in [9.17, 15) is 9.59 Å². The van der Waals surface area contributed by atoms with E-state index in [1.54, 1.807) is 4.90 Å². The summed E-state index contributed by atoms with van der Waals surface area (Å²) in [5.41, 5.74) is 4.84. The third-order valence-corrected chi connectivity index (χ3v) is 1.67. The van der Waals surface area contributed by atoms with E-state index >= 15 is 0 Å². The number of nitrogens with two attached hydrogens (primary N) is 1. The van der Waals surface area contributed by atoms with E-state index in [1.807, 2.05) is 21.0 Å². The number of hydrogen-bond acceptors (Lipinski definition) is 5. The van der Waals surface area contributed by atoms with Gasteiger partial charge in [0, 0.05) is 0 Å². The number of nitrogens with zero attached hydrogens (tertiary/aromatic N) is 1. The molecule has 7 nitrogen and oxygen atoms in total. The highest BCUT2D eigenvalue weighted by Gasteiger charge is 2.14. The molecule has 0 aliphatic carbocycles. The molecule has 0 aliphatic rings. The lowest BCUT2D eigenvalue weighted by molar-refractivity contribution is -0.144. The summed E-state index contributed by atoms with van der Waals surface area (Å²) in [4.78, 5) is 21.4. The Hall–Kier alpha value is -1.18. The highest BCUT2D eigenvalue weighted by molar-refractivity contribution is 5.80. The normalized spacial score (nSPS) is 13.6. The summed E-state index contributed by atoms with van der Waals surface area (Å²) in [5.74, 6) is -2.50. The van der Waals surface area contributed by atoms with Crippen molar-refractivity contribution in [3.8, 4) is 0 Å². The minimum atomic E-state index is -1.29. The third kappa shape index (κ3) is 10.9. The van der Waals surface area contributed by atoms with Crippen LogP contribution in [0.5, 0.6) is 0 Å². The Kier molecular flexibility index (Phi) is 9.77. The van der Waals surface area contributed by atoms with Crippen LogP contribution >= 0.6 is 0 Å². The monoisotopic (exact) mass is 236 g/mol. The van der Waals surface area contributed by atoms with E-state index in [4.69, 9.17) is 21.1 Å². The first-order chi connectivity index (χ1) is 7.22. The number of aliphatic hydroxyl groups excluding tert-OH is 1. The molecule has 0 rings (SSSR count). The summed E-state index contributed by atoms with van der Waals surface area (Å²) in [6.07, 6.45) is 0.00231. The molecule has 0 aromatic rings. The van der Waals surface area contributed by atoms with Crippen LogP contribution in [-0.2, 0) is 9.59 Å². The van der Waals surface area contributed by atoms with Crippen LogP contribution in [0.3, 0.4) is 0 Å². The highest BCUT2D eigenvalue weighted by Crippen LogP contribution is 1.90. The molecule has 2 atom stereocenters. The van der Waals surface area contributed by atoms with E-state index in [1.165, 1.54) is 0 Å². The zero-order valence-corrected chi connectivity index (χ0v) is 9.75. The molecule has 16 heavy (non-hydrogen) atoms. The van der Waals surface area contributed by atoms with Gasteiger partial charge in [-0.25, -0.2) is 0 Å².